The maximum Gasteiger partial charge on any atom is 0.308 e. The molecule has 0 amide bonds. The van der Waals surface area contributed by atoms with E-state index in [0.717, 1.165) is 25.8 Å². The maximum atomic E-state index is 11.4. The summed E-state index contributed by atoms with van der Waals surface area (Å²) in [4.78, 5) is 13.7. The Kier molecular flexibility index (Phi) is 5.20. The largest absolute Gasteiger partial charge is 0.481 e. The van der Waals surface area contributed by atoms with Gasteiger partial charge >= 0.3 is 5.97 Å². The van der Waals surface area contributed by atoms with Gasteiger partial charge in [-0.1, -0.05) is 34.1 Å². The number of carboxylic acid groups (broad SMARTS) is 1. The normalized spacial score (nSPS) is 29.6. The van der Waals surface area contributed by atoms with E-state index in [2.05, 4.69) is 39.6 Å². The average molecular weight is 255 g/mol. The van der Waals surface area contributed by atoms with Crippen molar-refractivity contribution in [3.63, 3.8) is 0 Å². The highest BCUT2D eigenvalue weighted by atomic mass is 16.4. The number of hydrogen-bond donors (Lipinski definition) is 1. The Morgan fingerprint density at radius 1 is 1.33 bits per heavy atom. The Labute approximate surface area is 112 Å². The van der Waals surface area contributed by atoms with Gasteiger partial charge in [-0.3, -0.25) is 4.79 Å². The molecule has 0 aromatic rings. The first kappa shape index (κ1) is 15.5. The fraction of sp³-hybridized carbons (Fsp3) is 0.933. The number of rotatable bonds is 4. The van der Waals surface area contributed by atoms with Crippen molar-refractivity contribution in [1.29, 1.82) is 0 Å². The van der Waals surface area contributed by atoms with Crippen LogP contribution in [0.2, 0.25) is 0 Å². The van der Waals surface area contributed by atoms with Crippen LogP contribution >= 0.6 is 0 Å². The molecule has 1 rings (SSSR count). The molecule has 3 unspecified atom stereocenters. The third-order valence-corrected chi connectivity index (χ3v) is 4.11. The zero-order valence-electron chi connectivity index (χ0n) is 12.6. The van der Waals surface area contributed by atoms with Crippen molar-refractivity contribution in [2.45, 2.75) is 59.4 Å². The van der Waals surface area contributed by atoms with Crippen LogP contribution < -0.4 is 0 Å². The first-order valence-corrected chi connectivity index (χ1v) is 7.17. The number of aliphatic carboxylic acids is 1. The lowest BCUT2D eigenvalue weighted by Crippen LogP contribution is -2.47. The summed E-state index contributed by atoms with van der Waals surface area (Å²) >= 11 is 0. The van der Waals surface area contributed by atoms with Crippen molar-refractivity contribution < 1.29 is 9.90 Å². The fourth-order valence-corrected chi connectivity index (χ4v) is 3.24. The molecule has 0 aromatic carbocycles. The van der Waals surface area contributed by atoms with Gasteiger partial charge in [-0.05, 0) is 37.6 Å². The quantitative estimate of drug-likeness (QED) is 0.838. The monoisotopic (exact) mass is 255 g/mol. The van der Waals surface area contributed by atoms with Crippen molar-refractivity contribution in [2.24, 2.45) is 17.3 Å². The maximum absolute atomic E-state index is 11.4. The van der Waals surface area contributed by atoms with Crippen molar-refractivity contribution in [2.75, 3.05) is 13.6 Å². The van der Waals surface area contributed by atoms with Gasteiger partial charge in [0, 0.05) is 12.6 Å². The molecule has 3 nitrogen and oxygen atoms in total. The molecule has 3 atom stereocenters. The lowest BCUT2D eigenvalue weighted by atomic mass is 9.76. The second kappa shape index (κ2) is 6.05. The van der Waals surface area contributed by atoms with Crippen LogP contribution in [0.1, 0.15) is 53.4 Å². The van der Waals surface area contributed by atoms with Gasteiger partial charge in [0.25, 0.3) is 0 Å². The van der Waals surface area contributed by atoms with Crippen molar-refractivity contribution in [1.82, 2.24) is 4.90 Å². The fourth-order valence-electron chi connectivity index (χ4n) is 3.24. The summed E-state index contributed by atoms with van der Waals surface area (Å²) in [5.41, 5.74) is 0.219. The topological polar surface area (TPSA) is 40.5 Å². The van der Waals surface area contributed by atoms with Gasteiger partial charge in [0.1, 0.15) is 0 Å². The van der Waals surface area contributed by atoms with Crippen LogP contribution in [0.15, 0.2) is 0 Å². The number of nitrogens with zero attached hydrogens (tertiary/aromatic N) is 1. The Morgan fingerprint density at radius 3 is 2.39 bits per heavy atom. The van der Waals surface area contributed by atoms with Crippen LogP contribution in [0.3, 0.4) is 0 Å². The SMILES string of the molecule is CCC1CCC(C(=O)O)C(N(C)CC(C)(C)C)C1. The number of hydrogen-bond acceptors (Lipinski definition) is 2. The molecule has 0 bridgehead atoms. The molecule has 1 aliphatic carbocycles. The number of carbonyl (C=O) groups is 1. The molecule has 1 N–H and O–H groups in total. The molecule has 3 heteroatoms. The van der Waals surface area contributed by atoms with Crippen molar-refractivity contribution in [3.05, 3.63) is 0 Å². The minimum Gasteiger partial charge on any atom is -0.481 e. The van der Waals surface area contributed by atoms with Gasteiger partial charge in [-0.25, -0.2) is 0 Å². The molecule has 0 spiro atoms. The molecular weight excluding hydrogens is 226 g/mol. The molecule has 18 heavy (non-hydrogen) atoms. The van der Waals surface area contributed by atoms with Crippen LogP contribution in [-0.2, 0) is 4.79 Å². The second-order valence-electron chi connectivity index (χ2n) is 7.08. The van der Waals surface area contributed by atoms with Gasteiger partial charge < -0.3 is 10.0 Å². The van der Waals surface area contributed by atoms with Crippen LogP contribution in [0.4, 0.5) is 0 Å². The molecule has 1 saturated carbocycles. The van der Waals surface area contributed by atoms with Crippen molar-refractivity contribution in [3.8, 4) is 0 Å². The lowest BCUT2D eigenvalue weighted by Gasteiger charge is -2.41. The Balaban J connectivity index is 2.74. The lowest BCUT2D eigenvalue weighted by molar-refractivity contribution is -0.146. The predicted molar refractivity (Wildman–Crippen MR) is 74.6 cm³/mol. The van der Waals surface area contributed by atoms with Crippen LogP contribution in [0.25, 0.3) is 0 Å². The van der Waals surface area contributed by atoms with Crippen molar-refractivity contribution >= 4 is 5.97 Å². The van der Waals surface area contributed by atoms with E-state index in [1.165, 1.54) is 6.42 Å². The summed E-state index contributed by atoms with van der Waals surface area (Å²) < 4.78 is 0. The molecule has 0 saturated heterocycles. The van der Waals surface area contributed by atoms with Gasteiger partial charge in [-0.15, -0.1) is 0 Å². The Bertz CT molecular complexity index is 283. The standard InChI is InChI=1S/C15H29NO2/c1-6-11-7-8-12(14(17)18)13(9-11)16(5)10-15(2,3)4/h11-13H,6-10H2,1-5H3,(H,17,18). The van der Waals surface area contributed by atoms with E-state index in [9.17, 15) is 9.90 Å². The summed E-state index contributed by atoms with van der Waals surface area (Å²) in [6.07, 6.45) is 4.13. The molecule has 0 radical (unpaired) electrons. The van der Waals surface area contributed by atoms with Gasteiger partial charge in [0.05, 0.1) is 5.92 Å². The summed E-state index contributed by atoms with van der Waals surface area (Å²) in [5.74, 6) is -0.0940. The summed E-state index contributed by atoms with van der Waals surface area (Å²) in [7, 11) is 2.09. The summed E-state index contributed by atoms with van der Waals surface area (Å²) in [6.45, 7) is 9.79. The summed E-state index contributed by atoms with van der Waals surface area (Å²) in [5, 5.41) is 9.39. The van der Waals surface area contributed by atoms with E-state index >= 15 is 0 Å². The molecule has 0 aliphatic heterocycles. The van der Waals surface area contributed by atoms with E-state index < -0.39 is 5.97 Å². The van der Waals surface area contributed by atoms with E-state index in [-0.39, 0.29) is 17.4 Å². The zero-order valence-corrected chi connectivity index (χ0v) is 12.6. The van der Waals surface area contributed by atoms with Crippen LogP contribution in [0, 0.1) is 17.3 Å². The zero-order chi connectivity index (χ0) is 13.9. The molecule has 106 valence electrons. The first-order chi connectivity index (χ1) is 8.24. The number of carboxylic acids is 1. The van der Waals surface area contributed by atoms with E-state index in [0.29, 0.717) is 5.92 Å². The molecule has 1 fully saturated rings. The van der Waals surface area contributed by atoms with E-state index in [1.54, 1.807) is 0 Å². The Hall–Kier alpha value is -0.570. The average Bonchev–Trinajstić information content (AvgIpc) is 2.25. The van der Waals surface area contributed by atoms with Gasteiger partial charge in [-0.2, -0.15) is 0 Å². The van der Waals surface area contributed by atoms with E-state index in [4.69, 9.17) is 0 Å². The van der Waals surface area contributed by atoms with Crippen LogP contribution in [-0.4, -0.2) is 35.6 Å². The highest BCUT2D eigenvalue weighted by molar-refractivity contribution is 5.71. The first-order valence-electron chi connectivity index (χ1n) is 7.17. The second-order valence-corrected chi connectivity index (χ2v) is 7.08. The highest BCUT2D eigenvalue weighted by Gasteiger charge is 2.37. The van der Waals surface area contributed by atoms with Gasteiger partial charge in [0.2, 0.25) is 0 Å². The molecule has 0 aromatic heterocycles. The molecular formula is C15H29NO2. The molecule has 1 aliphatic rings. The van der Waals surface area contributed by atoms with Crippen LogP contribution in [0.5, 0.6) is 0 Å². The summed E-state index contributed by atoms with van der Waals surface area (Å²) in [6, 6.07) is 0.209. The highest BCUT2D eigenvalue weighted by Crippen LogP contribution is 2.34. The third-order valence-electron chi connectivity index (χ3n) is 4.11. The molecule has 0 heterocycles. The van der Waals surface area contributed by atoms with Gasteiger partial charge in [0.15, 0.2) is 0 Å². The smallest absolute Gasteiger partial charge is 0.308 e. The minimum atomic E-state index is -0.615. The Morgan fingerprint density at radius 2 is 1.94 bits per heavy atom. The minimum absolute atomic E-state index is 0.180. The third kappa shape index (κ3) is 4.27. The van der Waals surface area contributed by atoms with E-state index in [1.807, 2.05) is 0 Å². The predicted octanol–water partition coefficient (Wildman–Crippen LogP) is 3.24.